The summed E-state index contributed by atoms with van der Waals surface area (Å²) in [6.45, 7) is 3.82. The molecule has 1 amide bonds. The molecule has 0 aromatic rings. The molecule has 4 aliphatic rings. The van der Waals surface area contributed by atoms with Crippen LogP contribution in [0, 0.1) is 23.7 Å². The predicted molar refractivity (Wildman–Crippen MR) is 80.9 cm³/mol. The fourth-order valence-electron chi connectivity index (χ4n) is 5.64. The second kappa shape index (κ2) is 5.88. The van der Waals surface area contributed by atoms with Gasteiger partial charge in [0, 0.05) is 32.1 Å². The van der Waals surface area contributed by atoms with Crippen molar-refractivity contribution in [3.63, 3.8) is 0 Å². The van der Waals surface area contributed by atoms with E-state index in [4.69, 9.17) is 4.74 Å². The van der Waals surface area contributed by atoms with E-state index >= 15 is 0 Å². The lowest BCUT2D eigenvalue weighted by molar-refractivity contribution is -0.135. The van der Waals surface area contributed by atoms with Gasteiger partial charge in [-0.15, -0.1) is 0 Å². The van der Waals surface area contributed by atoms with E-state index in [2.05, 4.69) is 5.32 Å². The Morgan fingerprint density at radius 2 is 1.90 bits per heavy atom. The van der Waals surface area contributed by atoms with E-state index in [-0.39, 0.29) is 0 Å². The van der Waals surface area contributed by atoms with E-state index in [1.807, 2.05) is 4.90 Å². The van der Waals surface area contributed by atoms with Gasteiger partial charge in [0.2, 0.25) is 5.91 Å². The second-order valence-electron chi connectivity index (χ2n) is 7.46. The quantitative estimate of drug-likeness (QED) is 0.856. The fraction of sp³-hybridized carbons (Fsp3) is 0.941. The van der Waals surface area contributed by atoms with Gasteiger partial charge in [-0.25, -0.2) is 0 Å². The Morgan fingerprint density at radius 3 is 2.76 bits per heavy atom. The monoisotopic (exact) mass is 292 g/mol. The van der Waals surface area contributed by atoms with Gasteiger partial charge in [-0.1, -0.05) is 6.42 Å². The molecular weight excluding hydrogens is 264 g/mol. The van der Waals surface area contributed by atoms with Crippen LogP contribution in [0.5, 0.6) is 0 Å². The van der Waals surface area contributed by atoms with E-state index in [1.165, 1.54) is 32.1 Å². The van der Waals surface area contributed by atoms with Crippen molar-refractivity contribution < 1.29 is 9.53 Å². The lowest BCUT2D eigenvalue weighted by Gasteiger charge is -2.32. The molecular formula is C17H28N2O2. The molecule has 1 N–H and O–H groups in total. The Balaban J connectivity index is 1.22. The number of hydrogen-bond acceptors (Lipinski definition) is 3. The molecule has 1 saturated heterocycles. The number of nitrogens with zero attached hydrogens (tertiary/aromatic N) is 1. The second-order valence-corrected chi connectivity index (χ2v) is 7.46. The van der Waals surface area contributed by atoms with Crippen molar-refractivity contribution >= 4 is 5.91 Å². The van der Waals surface area contributed by atoms with Gasteiger partial charge in [-0.05, 0) is 49.4 Å². The highest BCUT2D eigenvalue weighted by molar-refractivity contribution is 5.76. The molecule has 1 heterocycles. The van der Waals surface area contributed by atoms with Crippen LogP contribution in [-0.4, -0.2) is 49.7 Å². The number of carbonyl (C=O) groups is 1. The highest BCUT2D eigenvalue weighted by Gasteiger charge is 2.53. The SMILES string of the molecule is O=C(CCN[C@@H]1C[C@H]2C[C@H]1[C@@H]1CCC[C@H]21)N1CCOCC1. The predicted octanol–water partition coefficient (Wildman–Crippen LogP) is 1.65. The minimum Gasteiger partial charge on any atom is -0.378 e. The molecule has 21 heavy (non-hydrogen) atoms. The normalized spacial score (nSPS) is 41.5. The zero-order valence-electron chi connectivity index (χ0n) is 12.9. The van der Waals surface area contributed by atoms with E-state index in [0.29, 0.717) is 31.6 Å². The molecule has 3 saturated carbocycles. The minimum absolute atomic E-state index is 0.299. The number of carbonyl (C=O) groups excluding carboxylic acids is 1. The smallest absolute Gasteiger partial charge is 0.224 e. The van der Waals surface area contributed by atoms with Gasteiger partial charge in [0.1, 0.15) is 0 Å². The average molecular weight is 292 g/mol. The first-order valence-electron chi connectivity index (χ1n) is 8.92. The van der Waals surface area contributed by atoms with Crippen LogP contribution in [0.3, 0.4) is 0 Å². The number of rotatable bonds is 4. The number of hydrogen-bond donors (Lipinski definition) is 1. The first kappa shape index (κ1) is 14.0. The van der Waals surface area contributed by atoms with E-state index in [1.54, 1.807) is 0 Å². The van der Waals surface area contributed by atoms with Gasteiger partial charge in [0.15, 0.2) is 0 Å². The van der Waals surface area contributed by atoms with Gasteiger partial charge in [0.25, 0.3) is 0 Å². The minimum atomic E-state index is 0.299. The van der Waals surface area contributed by atoms with Crippen molar-refractivity contribution in [2.75, 3.05) is 32.8 Å². The Bertz CT molecular complexity index is 394. The van der Waals surface area contributed by atoms with Crippen molar-refractivity contribution in [1.82, 2.24) is 10.2 Å². The molecule has 1 aliphatic heterocycles. The third-order valence-corrected chi connectivity index (χ3v) is 6.54. The number of amides is 1. The first-order valence-corrected chi connectivity index (χ1v) is 8.92. The first-order chi connectivity index (χ1) is 10.3. The van der Waals surface area contributed by atoms with Crippen LogP contribution in [0.15, 0.2) is 0 Å². The highest BCUT2D eigenvalue weighted by atomic mass is 16.5. The van der Waals surface area contributed by atoms with Crippen LogP contribution in [0.25, 0.3) is 0 Å². The molecule has 0 spiro atoms. The summed E-state index contributed by atoms with van der Waals surface area (Å²) in [5.41, 5.74) is 0. The standard InChI is InChI=1S/C17H28N2O2/c20-17(19-6-8-21-9-7-19)4-5-18-16-11-12-10-15(16)14-3-1-2-13(12)14/h12-16,18H,1-11H2/t12-,13-,14-,15+,16-/m1/s1. The van der Waals surface area contributed by atoms with Crippen LogP contribution in [-0.2, 0) is 9.53 Å². The summed E-state index contributed by atoms with van der Waals surface area (Å²) in [5.74, 6) is 4.28. The Kier molecular flexibility index (Phi) is 3.92. The molecule has 118 valence electrons. The molecule has 0 radical (unpaired) electrons. The van der Waals surface area contributed by atoms with E-state index in [0.717, 1.165) is 43.3 Å². The lowest BCUT2D eigenvalue weighted by atomic mass is 9.79. The maximum atomic E-state index is 12.1. The molecule has 4 fully saturated rings. The molecule has 5 atom stereocenters. The molecule has 3 aliphatic carbocycles. The molecule has 4 nitrogen and oxygen atoms in total. The van der Waals surface area contributed by atoms with Gasteiger partial charge in [0.05, 0.1) is 13.2 Å². The van der Waals surface area contributed by atoms with E-state index < -0.39 is 0 Å². The molecule has 4 rings (SSSR count). The zero-order chi connectivity index (χ0) is 14.2. The third-order valence-electron chi connectivity index (χ3n) is 6.54. The van der Waals surface area contributed by atoms with E-state index in [9.17, 15) is 4.79 Å². The lowest BCUT2D eigenvalue weighted by Crippen LogP contribution is -2.44. The summed E-state index contributed by atoms with van der Waals surface area (Å²) in [7, 11) is 0. The van der Waals surface area contributed by atoms with Crippen LogP contribution in [0.1, 0.15) is 38.5 Å². The largest absolute Gasteiger partial charge is 0.378 e. The zero-order valence-corrected chi connectivity index (χ0v) is 12.9. The average Bonchev–Trinajstić information content (AvgIpc) is 3.20. The Hall–Kier alpha value is -0.610. The number of nitrogens with one attached hydrogen (secondary N) is 1. The number of ether oxygens (including phenoxy) is 1. The van der Waals surface area contributed by atoms with Gasteiger partial charge in [-0.3, -0.25) is 4.79 Å². The molecule has 0 unspecified atom stereocenters. The van der Waals surface area contributed by atoms with Crippen molar-refractivity contribution in [3.05, 3.63) is 0 Å². The molecule has 4 heteroatoms. The Morgan fingerprint density at radius 1 is 1.10 bits per heavy atom. The third kappa shape index (κ3) is 2.61. The molecule has 0 aromatic carbocycles. The summed E-state index contributed by atoms with van der Waals surface area (Å²) >= 11 is 0. The Labute approximate surface area is 127 Å². The number of fused-ring (bicyclic) bond motifs is 5. The fourth-order valence-corrected chi connectivity index (χ4v) is 5.64. The summed E-state index contributed by atoms with van der Waals surface area (Å²) in [5, 5.41) is 3.72. The maximum absolute atomic E-state index is 12.1. The molecule has 2 bridgehead atoms. The summed E-state index contributed by atoms with van der Waals surface area (Å²) in [6, 6.07) is 0.701. The van der Waals surface area contributed by atoms with Crippen molar-refractivity contribution in [1.29, 1.82) is 0 Å². The van der Waals surface area contributed by atoms with Crippen LogP contribution in [0.4, 0.5) is 0 Å². The summed E-state index contributed by atoms with van der Waals surface area (Å²) in [6.07, 6.45) is 7.92. The maximum Gasteiger partial charge on any atom is 0.224 e. The van der Waals surface area contributed by atoms with Gasteiger partial charge in [-0.2, -0.15) is 0 Å². The number of morpholine rings is 1. The highest BCUT2D eigenvalue weighted by Crippen LogP contribution is 2.58. The van der Waals surface area contributed by atoms with Crippen LogP contribution >= 0.6 is 0 Å². The van der Waals surface area contributed by atoms with Crippen LogP contribution < -0.4 is 5.32 Å². The topological polar surface area (TPSA) is 41.6 Å². The molecule has 0 aromatic heterocycles. The van der Waals surface area contributed by atoms with Crippen LogP contribution in [0.2, 0.25) is 0 Å². The van der Waals surface area contributed by atoms with Gasteiger partial charge < -0.3 is 15.0 Å². The summed E-state index contributed by atoms with van der Waals surface area (Å²) < 4.78 is 5.30. The van der Waals surface area contributed by atoms with Gasteiger partial charge >= 0.3 is 0 Å². The van der Waals surface area contributed by atoms with Crippen molar-refractivity contribution in [2.24, 2.45) is 23.7 Å². The van der Waals surface area contributed by atoms with Crippen molar-refractivity contribution in [3.8, 4) is 0 Å². The van der Waals surface area contributed by atoms with Crippen molar-refractivity contribution in [2.45, 2.75) is 44.6 Å². The summed E-state index contributed by atoms with van der Waals surface area (Å²) in [4.78, 5) is 14.1.